The highest BCUT2D eigenvalue weighted by Crippen LogP contribution is 2.35. The Bertz CT molecular complexity index is 820. The average molecular weight is 316 g/mol. The molecule has 23 heavy (non-hydrogen) atoms. The van der Waals surface area contributed by atoms with Gasteiger partial charge in [0.05, 0.1) is 5.56 Å². The summed E-state index contributed by atoms with van der Waals surface area (Å²) in [5.41, 5.74) is -0.0628. The van der Waals surface area contributed by atoms with Gasteiger partial charge in [-0.3, -0.25) is 4.79 Å². The van der Waals surface area contributed by atoms with E-state index in [0.29, 0.717) is 11.1 Å². The van der Waals surface area contributed by atoms with E-state index < -0.39 is 17.6 Å². The van der Waals surface area contributed by atoms with Gasteiger partial charge in [-0.2, -0.15) is 0 Å². The molecule has 0 aliphatic rings. The summed E-state index contributed by atoms with van der Waals surface area (Å²) in [5, 5.41) is 0.714. The molecule has 0 N–H and O–H groups in total. The van der Waals surface area contributed by atoms with E-state index in [4.69, 9.17) is 20.6 Å². The van der Waals surface area contributed by atoms with Gasteiger partial charge in [0, 0.05) is 25.5 Å². The third-order valence-corrected chi connectivity index (χ3v) is 2.98. The number of ketones is 1. The Morgan fingerprint density at radius 2 is 2.04 bits per heavy atom. The van der Waals surface area contributed by atoms with Crippen LogP contribution in [0, 0.1) is 18.2 Å². The number of halogens is 1. The van der Waals surface area contributed by atoms with Crippen molar-refractivity contribution < 1.29 is 28.2 Å². The number of hydrogen-bond donors (Lipinski definition) is 0. The zero-order valence-electron chi connectivity index (χ0n) is 12.5. The van der Waals surface area contributed by atoms with Gasteiger partial charge < -0.3 is 14.2 Å². The molecule has 0 saturated carbocycles. The first-order valence-electron chi connectivity index (χ1n) is 6.55. The van der Waals surface area contributed by atoms with Crippen LogP contribution in [0.5, 0.6) is 11.5 Å². The molecule has 2 rings (SSSR count). The van der Waals surface area contributed by atoms with Crippen molar-refractivity contribution in [3.8, 4) is 23.8 Å². The van der Waals surface area contributed by atoms with Crippen LogP contribution >= 0.6 is 0 Å². The van der Waals surface area contributed by atoms with E-state index in [-0.39, 0.29) is 23.5 Å². The minimum atomic E-state index is -1.08. The summed E-state index contributed by atoms with van der Waals surface area (Å²) in [6, 6.07) is 5.62. The number of carbonyl (C=O) groups is 2. The largest absolute Gasteiger partial charge is 0.467 e. The van der Waals surface area contributed by atoms with Crippen molar-refractivity contribution in [2.24, 2.45) is 0 Å². The predicted octanol–water partition coefficient (Wildman–Crippen LogP) is 2.44. The van der Waals surface area contributed by atoms with Gasteiger partial charge in [-0.1, -0.05) is 12.0 Å². The maximum atomic E-state index is 13.9. The molecule has 2 aromatic rings. The third kappa shape index (κ3) is 3.47. The number of ether oxygens (including phenoxy) is 3. The Balaban J connectivity index is 2.67. The molecule has 118 valence electrons. The van der Waals surface area contributed by atoms with Crippen molar-refractivity contribution in [2.75, 3.05) is 13.9 Å². The number of rotatable bonds is 5. The number of terminal acetylenes is 1. The molecule has 0 spiro atoms. The van der Waals surface area contributed by atoms with Crippen molar-refractivity contribution in [1.29, 1.82) is 0 Å². The van der Waals surface area contributed by atoms with E-state index in [1.54, 1.807) is 6.07 Å². The summed E-state index contributed by atoms with van der Waals surface area (Å²) < 4.78 is 29.0. The Morgan fingerprint density at radius 1 is 1.30 bits per heavy atom. The van der Waals surface area contributed by atoms with E-state index in [1.807, 2.05) is 0 Å². The van der Waals surface area contributed by atoms with Crippen molar-refractivity contribution in [1.82, 2.24) is 0 Å². The van der Waals surface area contributed by atoms with Crippen LogP contribution in [0.2, 0.25) is 0 Å². The number of esters is 1. The minimum Gasteiger partial charge on any atom is -0.467 e. The lowest BCUT2D eigenvalue weighted by Crippen LogP contribution is -2.17. The fourth-order valence-electron chi connectivity index (χ4n) is 1.98. The Morgan fingerprint density at radius 3 is 2.65 bits per heavy atom. The maximum absolute atomic E-state index is 13.9. The van der Waals surface area contributed by atoms with Gasteiger partial charge in [0.25, 0.3) is 0 Å². The molecule has 0 amide bonds. The van der Waals surface area contributed by atoms with Crippen LogP contribution in [-0.2, 0) is 14.3 Å². The Labute approximate surface area is 131 Å². The third-order valence-electron chi connectivity index (χ3n) is 2.98. The van der Waals surface area contributed by atoms with Crippen LogP contribution in [0.25, 0.3) is 10.8 Å². The monoisotopic (exact) mass is 316 g/mol. The number of fused-ring (bicyclic) bond motifs is 1. The van der Waals surface area contributed by atoms with Crippen molar-refractivity contribution >= 4 is 22.5 Å². The molecular weight excluding hydrogens is 303 g/mol. The van der Waals surface area contributed by atoms with Gasteiger partial charge in [0.1, 0.15) is 17.3 Å². The molecule has 2 aromatic carbocycles. The second-order valence-electron chi connectivity index (χ2n) is 4.58. The predicted molar refractivity (Wildman–Crippen MR) is 80.7 cm³/mol. The van der Waals surface area contributed by atoms with E-state index >= 15 is 0 Å². The Hall–Kier alpha value is -2.91. The molecule has 0 atom stereocenters. The van der Waals surface area contributed by atoms with Crippen LogP contribution in [0.4, 0.5) is 4.39 Å². The summed E-state index contributed by atoms with van der Waals surface area (Å²) in [7, 11) is 1.45. The zero-order valence-corrected chi connectivity index (χ0v) is 12.5. The van der Waals surface area contributed by atoms with Gasteiger partial charge in [-0.25, -0.2) is 9.18 Å². The first-order valence-corrected chi connectivity index (χ1v) is 6.55. The highest BCUT2D eigenvalue weighted by Gasteiger charge is 2.18. The molecule has 0 fully saturated rings. The SMILES string of the molecule is C#Cc1c(F)ccc2cc(OCOC)cc(OC(=O)C(C)=O)c12. The Kier molecular flexibility index (Phi) is 4.94. The van der Waals surface area contributed by atoms with E-state index in [9.17, 15) is 14.0 Å². The van der Waals surface area contributed by atoms with Crippen molar-refractivity contribution in [2.45, 2.75) is 6.92 Å². The number of carbonyl (C=O) groups excluding carboxylic acids is 2. The lowest BCUT2D eigenvalue weighted by molar-refractivity contribution is -0.145. The van der Waals surface area contributed by atoms with Crippen LogP contribution in [-0.4, -0.2) is 25.7 Å². The summed E-state index contributed by atoms with van der Waals surface area (Å²) in [4.78, 5) is 22.7. The fraction of sp³-hybridized carbons (Fsp3) is 0.176. The van der Waals surface area contributed by atoms with Gasteiger partial charge in [-0.05, 0) is 17.5 Å². The van der Waals surface area contributed by atoms with Crippen LogP contribution in [0.1, 0.15) is 12.5 Å². The molecule has 6 heteroatoms. The van der Waals surface area contributed by atoms with Gasteiger partial charge in [-0.15, -0.1) is 6.42 Å². The minimum absolute atomic E-state index is 0.0329. The second-order valence-corrected chi connectivity index (χ2v) is 4.58. The summed E-state index contributed by atoms with van der Waals surface area (Å²) in [6.45, 7) is 1.03. The maximum Gasteiger partial charge on any atom is 0.379 e. The molecule has 0 aromatic heterocycles. The van der Waals surface area contributed by atoms with Crippen LogP contribution in [0.15, 0.2) is 24.3 Å². The van der Waals surface area contributed by atoms with Crippen LogP contribution < -0.4 is 9.47 Å². The van der Waals surface area contributed by atoms with Crippen molar-refractivity contribution in [3.05, 3.63) is 35.6 Å². The molecule has 5 nitrogen and oxygen atoms in total. The van der Waals surface area contributed by atoms with Gasteiger partial charge in [0.15, 0.2) is 6.79 Å². The van der Waals surface area contributed by atoms with E-state index in [0.717, 1.165) is 6.92 Å². The molecular formula is C17H13FO5. The van der Waals surface area contributed by atoms with Crippen LogP contribution in [0.3, 0.4) is 0 Å². The molecule has 0 heterocycles. The number of Topliss-reactive ketones (excluding diaryl/α,β-unsaturated/α-hetero) is 1. The number of hydrogen-bond acceptors (Lipinski definition) is 5. The summed E-state index contributed by atoms with van der Waals surface area (Å²) in [6.07, 6.45) is 5.35. The topological polar surface area (TPSA) is 61.8 Å². The van der Waals surface area contributed by atoms with Gasteiger partial charge in [0.2, 0.25) is 5.78 Å². The first-order chi connectivity index (χ1) is 11.0. The van der Waals surface area contributed by atoms with E-state index in [1.165, 1.54) is 25.3 Å². The molecule has 0 bridgehead atoms. The average Bonchev–Trinajstić information content (AvgIpc) is 2.53. The number of benzene rings is 2. The fourth-order valence-corrected chi connectivity index (χ4v) is 1.98. The lowest BCUT2D eigenvalue weighted by atomic mass is 10.0. The quantitative estimate of drug-likeness (QED) is 0.279. The molecule has 0 aliphatic heterocycles. The number of methoxy groups -OCH3 is 1. The molecule has 0 radical (unpaired) electrons. The zero-order chi connectivity index (χ0) is 17.0. The highest BCUT2D eigenvalue weighted by atomic mass is 19.1. The molecule has 0 saturated heterocycles. The summed E-state index contributed by atoms with van der Waals surface area (Å²) in [5.74, 6) is -0.0140. The summed E-state index contributed by atoms with van der Waals surface area (Å²) >= 11 is 0. The smallest absolute Gasteiger partial charge is 0.379 e. The normalized spacial score (nSPS) is 10.2. The van der Waals surface area contributed by atoms with Crippen molar-refractivity contribution in [3.63, 3.8) is 0 Å². The molecule has 0 aliphatic carbocycles. The van der Waals surface area contributed by atoms with Gasteiger partial charge >= 0.3 is 5.97 Å². The highest BCUT2D eigenvalue weighted by molar-refractivity contribution is 6.33. The lowest BCUT2D eigenvalue weighted by Gasteiger charge is -2.12. The van der Waals surface area contributed by atoms with E-state index in [2.05, 4.69) is 5.92 Å². The standard InChI is InChI=1S/C17H13FO5/c1-4-13-14(18)6-5-11-7-12(22-9-21-3)8-15(16(11)13)23-17(20)10(2)19/h1,5-8H,9H2,2-3H3. The molecule has 0 unspecified atom stereocenters. The second kappa shape index (κ2) is 6.90. The first kappa shape index (κ1) is 16.5.